The normalized spacial score (nSPS) is 19.7. The monoisotopic (exact) mass is 350 g/mol. The zero-order chi connectivity index (χ0) is 17.2. The zero-order valence-corrected chi connectivity index (χ0v) is 14.8. The van der Waals surface area contributed by atoms with E-state index in [2.05, 4.69) is 10.1 Å². The van der Waals surface area contributed by atoms with Crippen molar-refractivity contribution in [2.24, 2.45) is 0 Å². The van der Waals surface area contributed by atoms with E-state index in [1.807, 2.05) is 37.3 Å². The van der Waals surface area contributed by atoms with E-state index in [0.717, 1.165) is 22.8 Å². The van der Waals surface area contributed by atoms with Crippen LogP contribution in [0.5, 0.6) is 5.75 Å². The van der Waals surface area contributed by atoms with E-state index in [-0.39, 0.29) is 17.5 Å². The van der Waals surface area contributed by atoms with Gasteiger partial charge in [0.05, 0.1) is 30.9 Å². The molecule has 1 aliphatic heterocycles. The molecule has 7 heteroatoms. The molecule has 6 nitrogen and oxygen atoms in total. The SMILES string of the molecule is COc1ccc(CN(Cc2cc(C)no2)C2CCS(=O)(=O)C2)cc1. The van der Waals surface area contributed by atoms with E-state index in [1.54, 1.807) is 7.11 Å². The van der Waals surface area contributed by atoms with Crippen molar-refractivity contribution < 1.29 is 17.7 Å². The van der Waals surface area contributed by atoms with Crippen LogP contribution >= 0.6 is 0 Å². The third-order valence-electron chi connectivity index (χ3n) is 4.31. The lowest BCUT2D eigenvalue weighted by Gasteiger charge is -2.27. The molecule has 0 spiro atoms. The molecule has 0 saturated carbocycles. The average Bonchev–Trinajstić information content (AvgIpc) is 3.12. The Morgan fingerprint density at radius 2 is 2.04 bits per heavy atom. The van der Waals surface area contributed by atoms with Gasteiger partial charge in [-0.05, 0) is 31.0 Å². The van der Waals surface area contributed by atoms with Crippen LogP contribution in [0.3, 0.4) is 0 Å². The number of sulfone groups is 1. The van der Waals surface area contributed by atoms with Crippen LogP contribution < -0.4 is 4.74 Å². The van der Waals surface area contributed by atoms with Crippen LogP contribution in [0.1, 0.15) is 23.4 Å². The Balaban J connectivity index is 1.78. The minimum Gasteiger partial charge on any atom is -0.497 e. The van der Waals surface area contributed by atoms with E-state index in [9.17, 15) is 8.42 Å². The van der Waals surface area contributed by atoms with Crippen LogP contribution in [0.25, 0.3) is 0 Å². The molecule has 2 heterocycles. The minimum atomic E-state index is -2.94. The molecule has 1 aliphatic rings. The molecule has 0 bridgehead atoms. The largest absolute Gasteiger partial charge is 0.497 e. The second kappa shape index (κ2) is 6.94. The molecule has 0 amide bonds. The summed E-state index contributed by atoms with van der Waals surface area (Å²) in [5, 5.41) is 3.92. The van der Waals surface area contributed by atoms with Crippen molar-refractivity contribution in [3.05, 3.63) is 47.3 Å². The average molecular weight is 350 g/mol. The first-order valence-corrected chi connectivity index (χ1v) is 9.77. The first kappa shape index (κ1) is 17.0. The Labute approximate surface area is 142 Å². The predicted octanol–water partition coefficient (Wildman–Crippen LogP) is 2.18. The number of aryl methyl sites for hydroxylation is 1. The molecule has 130 valence electrons. The summed E-state index contributed by atoms with van der Waals surface area (Å²) in [4.78, 5) is 2.16. The number of hydrogen-bond donors (Lipinski definition) is 0. The fraction of sp³-hybridized carbons (Fsp3) is 0.471. The van der Waals surface area contributed by atoms with Crippen molar-refractivity contribution in [3.8, 4) is 5.75 Å². The topological polar surface area (TPSA) is 72.6 Å². The summed E-state index contributed by atoms with van der Waals surface area (Å²) in [6.07, 6.45) is 0.658. The van der Waals surface area contributed by atoms with Crippen LogP contribution in [0.4, 0.5) is 0 Å². The fourth-order valence-corrected chi connectivity index (χ4v) is 4.80. The maximum absolute atomic E-state index is 11.9. The summed E-state index contributed by atoms with van der Waals surface area (Å²) in [6, 6.07) is 9.73. The Kier molecular flexibility index (Phi) is 4.91. The number of aromatic nitrogens is 1. The van der Waals surface area contributed by atoms with Crippen molar-refractivity contribution in [1.82, 2.24) is 10.1 Å². The third-order valence-corrected chi connectivity index (χ3v) is 6.06. The summed E-state index contributed by atoms with van der Waals surface area (Å²) < 4.78 is 34.2. The van der Waals surface area contributed by atoms with Crippen molar-refractivity contribution in [2.45, 2.75) is 32.5 Å². The summed E-state index contributed by atoms with van der Waals surface area (Å²) in [6.45, 7) is 3.08. The maximum Gasteiger partial charge on any atom is 0.151 e. The fourth-order valence-electron chi connectivity index (χ4n) is 3.03. The molecule has 3 rings (SSSR count). The number of rotatable bonds is 6. The van der Waals surface area contributed by atoms with Gasteiger partial charge >= 0.3 is 0 Å². The van der Waals surface area contributed by atoms with Gasteiger partial charge in [0.1, 0.15) is 5.75 Å². The molecule has 1 aromatic carbocycles. The van der Waals surface area contributed by atoms with Crippen molar-refractivity contribution in [3.63, 3.8) is 0 Å². The highest BCUT2D eigenvalue weighted by molar-refractivity contribution is 7.91. The molecule has 1 atom stereocenters. The van der Waals surface area contributed by atoms with Crippen molar-refractivity contribution >= 4 is 9.84 Å². The molecule has 0 aliphatic carbocycles. The maximum atomic E-state index is 11.9. The van der Waals surface area contributed by atoms with E-state index in [4.69, 9.17) is 9.26 Å². The standard InChI is InChI=1S/C17H22N2O4S/c1-13-9-17(23-18-13)11-19(15-7-8-24(20,21)12-15)10-14-3-5-16(22-2)6-4-14/h3-6,9,15H,7-8,10-12H2,1-2H3. The first-order valence-electron chi connectivity index (χ1n) is 7.95. The Morgan fingerprint density at radius 3 is 2.58 bits per heavy atom. The molecule has 1 saturated heterocycles. The molecule has 0 N–H and O–H groups in total. The molecule has 2 aromatic rings. The van der Waals surface area contributed by atoms with Crippen molar-refractivity contribution in [1.29, 1.82) is 0 Å². The smallest absolute Gasteiger partial charge is 0.151 e. The summed E-state index contributed by atoms with van der Waals surface area (Å²) in [7, 11) is -1.30. The highest BCUT2D eigenvalue weighted by Gasteiger charge is 2.32. The van der Waals surface area contributed by atoms with Crippen LogP contribution in [0.2, 0.25) is 0 Å². The molecule has 24 heavy (non-hydrogen) atoms. The van der Waals surface area contributed by atoms with Gasteiger partial charge in [0, 0.05) is 18.7 Å². The number of nitrogens with zero attached hydrogens (tertiary/aromatic N) is 2. The van der Waals surface area contributed by atoms with Gasteiger partial charge in [0.15, 0.2) is 15.6 Å². The van der Waals surface area contributed by atoms with E-state index < -0.39 is 9.84 Å². The van der Waals surface area contributed by atoms with E-state index >= 15 is 0 Å². The van der Waals surface area contributed by atoms with Crippen LogP contribution in [0.15, 0.2) is 34.9 Å². The second-order valence-corrected chi connectivity index (χ2v) is 8.47. The van der Waals surface area contributed by atoms with E-state index in [0.29, 0.717) is 19.5 Å². The highest BCUT2D eigenvalue weighted by Crippen LogP contribution is 2.23. The Bertz CT molecular complexity index is 783. The van der Waals surface area contributed by atoms with Gasteiger partial charge in [0.25, 0.3) is 0 Å². The molecular formula is C17H22N2O4S. The molecular weight excluding hydrogens is 328 g/mol. The number of hydrogen-bond acceptors (Lipinski definition) is 6. The Morgan fingerprint density at radius 1 is 1.29 bits per heavy atom. The summed E-state index contributed by atoms with van der Waals surface area (Å²) in [5.41, 5.74) is 1.93. The number of methoxy groups -OCH3 is 1. The van der Waals surface area contributed by atoms with Gasteiger partial charge < -0.3 is 9.26 Å². The van der Waals surface area contributed by atoms with Gasteiger partial charge in [0.2, 0.25) is 0 Å². The van der Waals surface area contributed by atoms with Gasteiger partial charge in [-0.2, -0.15) is 0 Å². The first-order chi connectivity index (χ1) is 11.4. The van der Waals surface area contributed by atoms with Gasteiger partial charge in [-0.3, -0.25) is 4.90 Å². The van der Waals surface area contributed by atoms with Crippen LogP contribution in [-0.2, 0) is 22.9 Å². The lowest BCUT2D eigenvalue weighted by molar-refractivity contribution is 0.172. The van der Waals surface area contributed by atoms with Crippen molar-refractivity contribution in [2.75, 3.05) is 18.6 Å². The van der Waals surface area contributed by atoms with Gasteiger partial charge in [-0.15, -0.1) is 0 Å². The molecule has 1 aromatic heterocycles. The predicted molar refractivity (Wildman–Crippen MR) is 90.5 cm³/mol. The van der Waals surface area contributed by atoms with E-state index in [1.165, 1.54) is 0 Å². The summed E-state index contributed by atoms with van der Waals surface area (Å²) in [5.74, 6) is 2.02. The number of ether oxygens (including phenoxy) is 1. The zero-order valence-electron chi connectivity index (χ0n) is 13.9. The van der Waals surface area contributed by atoms with Gasteiger partial charge in [-0.25, -0.2) is 8.42 Å². The van der Waals surface area contributed by atoms with Gasteiger partial charge in [-0.1, -0.05) is 17.3 Å². The second-order valence-electron chi connectivity index (χ2n) is 6.24. The summed E-state index contributed by atoms with van der Waals surface area (Å²) >= 11 is 0. The highest BCUT2D eigenvalue weighted by atomic mass is 32.2. The molecule has 1 unspecified atom stereocenters. The minimum absolute atomic E-state index is 0.00232. The molecule has 1 fully saturated rings. The number of benzene rings is 1. The van der Waals surface area contributed by atoms with Crippen LogP contribution in [-0.4, -0.2) is 43.1 Å². The third kappa shape index (κ3) is 4.15. The van der Waals surface area contributed by atoms with Crippen LogP contribution in [0, 0.1) is 6.92 Å². The lowest BCUT2D eigenvalue weighted by atomic mass is 10.1. The molecule has 0 radical (unpaired) electrons. The quantitative estimate of drug-likeness (QED) is 0.795. The lowest BCUT2D eigenvalue weighted by Crippen LogP contribution is -2.35. The Hall–Kier alpha value is -1.86.